The van der Waals surface area contributed by atoms with E-state index in [1.165, 1.54) is 10.9 Å². The first-order valence-electron chi connectivity index (χ1n) is 11.1. The monoisotopic (exact) mass is 549 g/mol. The van der Waals surface area contributed by atoms with Crippen LogP contribution in [0.2, 0.25) is 5.02 Å². The highest BCUT2D eigenvalue weighted by Gasteiger charge is 2.32. The van der Waals surface area contributed by atoms with E-state index in [4.69, 9.17) is 16.4 Å². The van der Waals surface area contributed by atoms with Gasteiger partial charge in [0.1, 0.15) is 11.5 Å². The van der Waals surface area contributed by atoms with Crippen LogP contribution in [0.5, 0.6) is 0 Å². The van der Waals surface area contributed by atoms with Crippen molar-refractivity contribution in [2.75, 3.05) is 37.6 Å². The summed E-state index contributed by atoms with van der Waals surface area (Å²) in [5.74, 6) is 0.421. The Kier molecular flexibility index (Phi) is 9.24. The Morgan fingerprint density at radius 2 is 1.78 bits per heavy atom. The van der Waals surface area contributed by atoms with Crippen molar-refractivity contribution in [1.29, 1.82) is 0 Å². The third kappa shape index (κ3) is 7.57. The molecule has 0 spiro atoms. The number of aryl methyl sites for hydroxylation is 2. The van der Waals surface area contributed by atoms with Gasteiger partial charge in [0.2, 0.25) is 0 Å². The molecule has 0 saturated carbocycles. The number of piperazine rings is 1. The maximum atomic E-state index is 12.8. The van der Waals surface area contributed by atoms with E-state index in [0.717, 1.165) is 59.8 Å². The Morgan fingerprint density at radius 3 is 2.36 bits per heavy atom. The van der Waals surface area contributed by atoms with Gasteiger partial charge in [-0.15, -0.1) is 0 Å². The number of alkyl halides is 5. The first kappa shape index (κ1) is 28.2. The predicted octanol–water partition coefficient (Wildman–Crippen LogP) is 5.28. The van der Waals surface area contributed by atoms with Crippen LogP contribution in [-0.4, -0.2) is 64.1 Å². The standard InChI is InChI=1S/C21H23ClF3N5.C2H3F2OP/c1-15-14-30(19-17(15)4-2-5-26-19)7-3-6-28-8-10-29(11-9-28)20-18(22)12-16(13-27-20)21(23,24)25;3-2(4,6)1-5/h2,4-5,12-14H,3,6-11H2,1H3;1H,6H2. The van der Waals surface area contributed by atoms with E-state index in [9.17, 15) is 22.0 Å². The molecule has 0 N–H and O–H groups in total. The molecule has 0 bridgehead atoms. The minimum absolute atomic E-state index is 0.0423. The zero-order chi connectivity index (χ0) is 26.5. The first-order chi connectivity index (χ1) is 16.9. The molecule has 3 aromatic heterocycles. The van der Waals surface area contributed by atoms with Crippen LogP contribution in [0, 0.1) is 6.92 Å². The summed E-state index contributed by atoms with van der Waals surface area (Å²) in [7, 11) is 1.09. The average molecular weight is 550 g/mol. The lowest BCUT2D eigenvalue weighted by molar-refractivity contribution is -0.137. The fourth-order valence-corrected chi connectivity index (χ4v) is 4.22. The predicted molar refractivity (Wildman–Crippen MR) is 133 cm³/mol. The maximum Gasteiger partial charge on any atom is 0.417 e. The average Bonchev–Trinajstić information content (AvgIpc) is 3.15. The normalized spacial score (nSPS) is 15.1. The number of nitrogens with zero attached hydrogens (tertiary/aromatic N) is 5. The molecule has 1 unspecified atom stereocenters. The molecule has 6 nitrogen and oxygen atoms in total. The minimum Gasteiger partial charge on any atom is -0.353 e. The molecule has 0 aliphatic carbocycles. The SMILES string of the molecule is Cc1cn(CCCN2CCN(c3ncc(C(F)(F)F)cc3Cl)CC2)c2ncccc12.O=CC(F)(F)P. The number of aromatic nitrogens is 3. The summed E-state index contributed by atoms with van der Waals surface area (Å²) in [6.07, 6.45) is 0.945. The summed E-state index contributed by atoms with van der Waals surface area (Å²) < 4.78 is 62.7. The van der Waals surface area contributed by atoms with Crippen molar-refractivity contribution in [2.24, 2.45) is 0 Å². The number of rotatable bonds is 6. The third-order valence-corrected chi connectivity index (χ3v) is 6.10. The topological polar surface area (TPSA) is 54.3 Å². The molecule has 4 heterocycles. The third-order valence-electron chi connectivity index (χ3n) is 5.68. The van der Waals surface area contributed by atoms with E-state index in [1.54, 1.807) is 0 Å². The van der Waals surface area contributed by atoms with Crippen LogP contribution in [0.1, 0.15) is 17.5 Å². The van der Waals surface area contributed by atoms with Crippen LogP contribution in [0.3, 0.4) is 0 Å². The summed E-state index contributed by atoms with van der Waals surface area (Å²) in [4.78, 5) is 21.8. The van der Waals surface area contributed by atoms with Gasteiger partial charge >= 0.3 is 11.8 Å². The van der Waals surface area contributed by atoms with E-state index in [-0.39, 0.29) is 5.02 Å². The largest absolute Gasteiger partial charge is 0.417 e. The Balaban J connectivity index is 0.000000538. The van der Waals surface area contributed by atoms with Gasteiger partial charge in [0.05, 0.1) is 10.6 Å². The van der Waals surface area contributed by atoms with Crippen LogP contribution < -0.4 is 4.90 Å². The van der Waals surface area contributed by atoms with E-state index in [2.05, 4.69) is 38.6 Å². The molecule has 1 aliphatic rings. The van der Waals surface area contributed by atoms with E-state index in [0.29, 0.717) is 18.9 Å². The number of hydrogen-bond donors (Lipinski definition) is 0. The second-order valence-electron chi connectivity index (χ2n) is 8.38. The van der Waals surface area contributed by atoms with Crippen molar-refractivity contribution in [3.8, 4) is 0 Å². The molecule has 0 amide bonds. The molecule has 13 heteroatoms. The van der Waals surface area contributed by atoms with Gasteiger partial charge in [0.15, 0.2) is 6.29 Å². The number of aldehydes is 1. The second-order valence-corrected chi connectivity index (χ2v) is 9.56. The molecular formula is C23H26ClF5N5OP. The molecule has 4 rings (SSSR count). The van der Waals surface area contributed by atoms with Gasteiger partial charge in [0, 0.05) is 56.7 Å². The molecule has 1 atom stereocenters. The zero-order valence-electron chi connectivity index (χ0n) is 19.5. The molecule has 1 fully saturated rings. The lowest BCUT2D eigenvalue weighted by Crippen LogP contribution is -2.47. The van der Waals surface area contributed by atoms with Gasteiger partial charge in [-0.2, -0.15) is 22.0 Å². The molecule has 36 heavy (non-hydrogen) atoms. The Labute approximate surface area is 212 Å². The number of hydrogen-bond acceptors (Lipinski definition) is 5. The van der Waals surface area contributed by atoms with Crippen LogP contribution in [-0.2, 0) is 17.5 Å². The fourth-order valence-electron chi connectivity index (χ4n) is 3.93. The van der Waals surface area contributed by atoms with E-state index < -0.39 is 23.7 Å². The number of pyridine rings is 2. The van der Waals surface area contributed by atoms with Gasteiger partial charge < -0.3 is 9.47 Å². The summed E-state index contributed by atoms with van der Waals surface area (Å²) in [6.45, 7) is 6.96. The van der Waals surface area contributed by atoms with Crippen LogP contribution in [0.4, 0.5) is 27.8 Å². The first-order valence-corrected chi connectivity index (χ1v) is 12.1. The number of carbonyl (C=O) groups is 1. The molecule has 0 aromatic carbocycles. The van der Waals surface area contributed by atoms with E-state index >= 15 is 0 Å². The molecule has 3 aromatic rings. The van der Waals surface area contributed by atoms with Crippen molar-refractivity contribution in [3.05, 3.63) is 52.9 Å². The smallest absolute Gasteiger partial charge is 0.353 e. The fraction of sp³-hybridized carbons (Fsp3) is 0.435. The Hall–Kier alpha value is -2.36. The molecule has 1 aliphatic heterocycles. The highest BCUT2D eigenvalue weighted by atomic mass is 35.5. The van der Waals surface area contributed by atoms with Crippen molar-refractivity contribution in [2.45, 2.75) is 31.7 Å². The lowest BCUT2D eigenvalue weighted by atomic mass is 10.2. The van der Waals surface area contributed by atoms with Crippen molar-refractivity contribution in [3.63, 3.8) is 0 Å². The minimum atomic E-state index is -4.44. The van der Waals surface area contributed by atoms with Gasteiger partial charge in [-0.25, -0.2) is 9.97 Å². The van der Waals surface area contributed by atoms with Crippen molar-refractivity contribution < 1.29 is 26.7 Å². The summed E-state index contributed by atoms with van der Waals surface area (Å²) in [5, 5.41) is 1.23. The highest BCUT2D eigenvalue weighted by Crippen LogP contribution is 2.33. The zero-order valence-corrected chi connectivity index (χ0v) is 21.4. The van der Waals surface area contributed by atoms with Gasteiger partial charge in [-0.1, -0.05) is 20.8 Å². The van der Waals surface area contributed by atoms with Crippen LogP contribution in [0.15, 0.2) is 36.8 Å². The number of halogens is 6. The lowest BCUT2D eigenvalue weighted by Gasteiger charge is -2.35. The number of fused-ring (bicyclic) bond motifs is 1. The van der Waals surface area contributed by atoms with E-state index in [1.807, 2.05) is 17.2 Å². The van der Waals surface area contributed by atoms with Gasteiger partial charge in [0.25, 0.3) is 0 Å². The number of anilines is 1. The highest BCUT2D eigenvalue weighted by molar-refractivity contribution is 7.19. The second kappa shape index (κ2) is 11.8. The molecule has 196 valence electrons. The summed E-state index contributed by atoms with van der Waals surface area (Å²) >= 11 is 6.08. The van der Waals surface area contributed by atoms with Gasteiger partial charge in [-0.05, 0) is 43.7 Å². The van der Waals surface area contributed by atoms with Crippen molar-refractivity contribution >= 4 is 44.0 Å². The van der Waals surface area contributed by atoms with Crippen molar-refractivity contribution in [1.82, 2.24) is 19.4 Å². The molecular weight excluding hydrogens is 524 g/mol. The quantitative estimate of drug-likeness (QED) is 0.238. The summed E-state index contributed by atoms with van der Waals surface area (Å²) in [6, 6.07) is 5.00. The van der Waals surface area contributed by atoms with Crippen LogP contribution in [0.25, 0.3) is 11.0 Å². The maximum absolute atomic E-state index is 12.8. The Morgan fingerprint density at radius 1 is 1.11 bits per heavy atom. The Bertz CT molecular complexity index is 1180. The summed E-state index contributed by atoms with van der Waals surface area (Å²) in [5.41, 5.74) is -1.80. The molecule has 0 radical (unpaired) electrons. The van der Waals surface area contributed by atoms with Crippen LogP contribution >= 0.6 is 20.8 Å². The molecule has 1 saturated heterocycles. The van der Waals surface area contributed by atoms with Gasteiger partial charge in [-0.3, -0.25) is 9.69 Å². The number of carbonyl (C=O) groups excluding carboxylic acids is 1.